The first kappa shape index (κ1) is 21.8. The summed E-state index contributed by atoms with van der Waals surface area (Å²) in [5.74, 6) is 1.45. The number of hydrogen-bond donors (Lipinski definition) is 1. The Morgan fingerprint density at radius 2 is 2.09 bits per heavy atom. The molecule has 4 aromatic heterocycles. The van der Waals surface area contributed by atoms with Gasteiger partial charge in [0.2, 0.25) is 5.91 Å². The third-order valence-electron chi connectivity index (χ3n) is 7.24. The highest BCUT2D eigenvalue weighted by molar-refractivity contribution is 5.95. The van der Waals surface area contributed by atoms with Crippen LogP contribution in [0.5, 0.6) is 5.75 Å². The summed E-state index contributed by atoms with van der Waals surface area (Å²) in [4.78, 5) is 15.2. The van der Waals surface area contributed by atoms with Crippen LogP contribution in [0.2, 0.25) is 0 Å². The average Bonchev–Trinajstić information content (AvgIpc) is 3.11. The molecule has 2 fully saturated rings. The fraction of sp³-hybridized carbons (Fsp3) is 0.440. The number of nitrogens with zero attached hydrogens (tertiary/aromatic N) is 7. The number of anilines is 1. The van der Waals surface area contributed by atoms with Crippen LogP contribution in [0.4, 0.5) is 5.82 Å². The summed E-state index contributed by atoms with van der Waals surface area (Å²) in [6, 6.07) is 8.38. The van der Waals surface area contributed by atoms with Crippen molar-refractivity contribution in [2.75, 3.05) is 25.0 Å². The highest BCUT2D eigenvalue weighted by Crippen LogP contribution is 2.47. The smallest absolute Gasteiger partial charge is 0.229 e. The molecule has 10 heteroatoms. The molecule has 0 bridgehead atoms. The summed E-state index contributed by atoms with van der Waals surface area (Å²) in [7, 11) is 3.81. The Kier molecular flexibility index (Phi) is 5.32. The van der Waals surface area contributed by atoms with Gasteiger partial charge in [-0.15, -0.1) is 0 Å². The fourth-order valence-electron chi connectivity index (χ4n) is 5.00. The molecule has 0 unspecified atom stereocenters. The maximum atomic E-state index is 12.8. The van der Waals surface area contributed by atoms with Crippen molar-refractivity contribution < 1.29 is 9.53 Å². The van der Waals surface area contributed by atoms with Crippen molar-refractivity contribution in [1.82, 2.24) is 34.1 Å². The summed E-state index contributed by atoms with van der Waals surface area (Å²) in [5.41, 5.74) is 3.78. The fourth-order valence-corrected chi connectivity index (χ4v) is 5.00. The average molecular weight is 475 g/mol. The first-order valence-electron chi connectivity index (χ1n) is 12.2. The number of nitrogens with one attached hydrogen (secondary N) is 1. The van der Waals surface area contributed by atoms with Gasteiger partial charge in [0.25, 0.3) is 0 Å². The van der Waals surface area contributed by atoms with Crippen LogP contribution in [0, 0.1) is 5.92 Å². The van der Waals surface area contributed by atoms with E-state index in [1.165, 1.54) is 6.42 Å². The van der Waals surface area contributed by atoms with E-state index < -0.39 is 0 Å². The zero-order valence-corrected chi connectivity index (χ0v) is 20.3. The van der Waals surface area contributed by atoms with Crippen molar-refractivity contribution in [3.05, 3.63) is 48.5 Å². The van der Waals surface area contributed by atoms with Crippen LogP contribution in [0.3, 0.4) is 0 Å². The number of carbonyl (C=O) groups excluding carboxylic acids is 1. The maximum absolute atomic E-state index is 12.8. The Balaban J connectivity index is 1.16. The van der Waals surface area contributed by atoms with E-state index in [1.54, 1.807) is 15.4 Å². The molecule has 1 saturated carbocycles. The van der Waals surface area contributed by atoms with E-state index in [9.17, 15) is 4.79 Å². The lowest BCUT2D eigenvalue weighted by atomic mass is 10.0. The molecular weight excluding hydrogens is 444 g/mol. The molecule has 1 aliphatic heterocycles. The first-order chi connectivity index (χ1) is 17.0. The second kappa shape index (κ2) is 8.53. The number of pyridine rings is 1. The van der Waals surface area contributed by atoms with Gasteiger partial charge in [0.05, 0.1) is 17.4 Å². The van der Waals surface area contributed by atoms with Gasteiger partial charge in [0.15, 0.2) is 11.6 Å². The van der Waals surface area contributed by atoms with Gasteiger partial charge in [0, 0.05) is 62.5 Å². The zero-order valence-electron chi connectivity index (χ0n) is 20.3. The maximum Gasteiger partial charge on any atom is 0.229 e. The van der Waals surface area contributed by atoms with Crippen molar-refractivity contribution in [2.24, 2.45) is 20.0 Å². The Labute approximate surface area is 203 Å². The Morgan fingerprint density at radius 3 is 2.83 bits per heavy atom. The number of amides is 1. The van der Waals surface area contributed by atoms with Gasteiger partial charge >= 0.3 is 0 Å². The van der Waals surface area contributed by atoms with Crippen molar-refractivity contribution in [3.8, 4) is 17.0 Å². The summed E-state index contributed by atoms with van der Waals surface area (Å²) in [5, 5.41) is 16.4. The molecule has 6 rings (SSSR count). The number of hydrogen-bond acceptors (Lipinski definition) is 6. The number of fused-ring (bicyclic) bond motifs is 1. The van der Waals surface area contributed by atoms with Gasteiger partial charge in [-0.1, -0.05) is 6.92 Å². The first-order valence-corrected chi connectivity index (χ1v) is 12.2. The predicted octanol–water partition coefficient (Wildman–Crippen LogP) is 2.68. The number of rotatable bonds is 8. The molecule has 0 aromatic carbocycles. The molecule has 1 N–H and O–H groups in total. The van der Waals surface area contributed by atoms with Crippen molar-refractivity contribution in [3.63, 3.8) is 0 Å². The number of aromatic nitrogens is 6. The molecule has 1 aliphatic carbocycles. The van der Waals surface area contributed by atoms with Gasteiger partial charge in [-0.2, -0.15) is 15.3 Å². The predicted molar refractivity (Wildman–Crippen MR) is 131 cm³/mol. The highest BCUT2D eigenvalue weighted by Gasteiger charge is 2.45. The zero-order chi connectivity index (χ0) is 24.1. The lowest BCUT2D eigenvalue weighted by molar-refractivity contribution is -0.117. The molecule has 35 heavy (non-hydrogen) atoms. The minimum Gasteiger partial charge on any atom is -0.488 e. The number of ether oxygens (including phenoxy) is 1. The number of aryl methyl sites for hydroxylation is 2. The van der Waals surface area contributed by atoms with Gasteiger partial charge in [-0.25, -0.2) is 4.52 Å². The second-order valence-corrected chi connectivity index (χ2v) is 9.53. The van der Waals surface area contributed by atoms with Crippen molar-refractivity contribution in [2.45, 2.75) is 31.7 Å². The van der Waals surface area contributed by atoms with Crippen LogP contribution in [-0.4, -0.2) is 65.7 Å². The lowest BCUT2D eigenvalue weighted by Gasteiger charge is -2.39. The van der Waals surface area contributed by atoms with Crippen LogP contribution < -0.4 is 10.1 Å². The molecule has 0 spiro atoms. The molecule has 1 amide bonds. The largest absolute Gasteiger partial charge is 0.488 e. The third-order valence-corrected chi connectivity index (χ3v) is 7.24. The van der Waals surface area contributed by atoms with Crippen LogP contribution in [0.25, 0.3) is 16.8 Å². The van der Waals surface area contributed by atoms with Crippen LogP contribution in [0.1, 0.15) is 31.4 Å². The number of likely N-dealkylation sites (N-methyl/N-ethyl adjacent to an activating group) is 1. The molecule has 5 heterocycles. The van der Waals surface area contributed by atoms with Crippen LogP contribution in [-0.2, 0) is 18.9 Å². The van der Waals surface area contributed by atoms with Gasteiger partial charge in [0.1, 0.15) is 12.3 Å². The molecule has 2 aliphatic rings. The van der Waals surface area contributed by atoms with E-state index in [2.05, 4.69) is 32.4 Å². The number of likely N-dealkylation sites (tertiary alicyclic amines) is 1. The monoisotopic (exact) mass is 474 g/mol. The minimum atomic E-state index is -0.0567. The number of carbonyl (C=O) groups is 1. The second-order valence-electron chi connectivity index (χ2n) is 9.53. The van der Waals surface area contributed by atoms with Crippen molar-refractivity contribution >= 4 is 17.2 Å². The Morgan fingerprint density at radius 1 is 1.20 bits per heavy atom. The Bertz CT molecular complexity index is 1380. The van der Waals surface area contributed by atoms with E-state index in [0.29, 0.717) is 18.5 Å². The minimum absolute atomic E-state index is 0.0104. The molecular formula is C25H30N8O2. The normalized spacial score (nSPS) is 21.7. The van der Waals surface area contributed by atoms with E-state index in [4.69, 9.17) is 4.74 Å². The SMILES string of the molecule is CCN1CC[C@@H]1COc1cnn(C)c1-c1ccn2nc(NC(=O)[C@@H]3C[C@@H]3c3ccn(C)n3)cc2c1. The molecule has 3 atom stereocenters. The molecule has 1 saturated heterocycles. The van der Waals surface area contributed by atoms with E-state index >= 15 is 0 Å². The summed E-state index contributed by atoms with van der Waals surface area (Å²) in [6.45, 7) is 5.04. The van der Waals surface area contributed by atoms with E-state index in [1.807, 2.05) is 55.4 Å². The molecule has 0 radical (unpaired) electrons. The van der Waals surface area contributed by atoms with Gasteiger partial charge in [-0.05, 0) is 37.6 Å². The lowest BCUT2D eigenvalue weighted by Crippen LogP contribution is -2.50. The van der Waals surface area contributed by atoms with Crippen LogP contribution in [0.15, 0.2) is 42.9 Å². The topological polar surface area (TPSA) is 94.5 Å². The van der Waals surface area contributed by atoms with Gasteiger partial charge in [-0.3, -0.25) is 19.1 Å². The van der Waals surface area contributed by atoms with Crippen LogP contribution >= 0.6 is 0 Å². The summed E-state index contributed by atoms with van der Waals surface area (Å²) < 4.78 is 11.6. The van der Waals surface area contributed by atoms with E-state index in [-0.39, 0.29) is 17.7 Å². The summed E-state index contributed by atoms with van der Waals surface area (Å²) >= 11 is 0. The quantitative estimate of drug-likeness (QED) is 0.422. The molecule has 4 aromatic rings. The molecule has 182 valence electrons. The Hall–Kier alpha value is -3.66. The highest BCUT2D eigenvalue weighted by atomic mass is 16.5. The third kappa shape index (κ3) is 4.07. The van der Waals surface area contributed by atoms with Crippen molar-refractivity contribution in [1.29, 1.82) is 0 Å². The van der Waals surface area contributed by atoms with Gasteiger partial charge < -0.3 is 10.1 Å². The standard InChI is InChI=1S/C25H30N8O2/c1-4-32-9-6-17(32)15-35-22-14-26-31(3)24(22)16-5-10-33-18(11-16)12-23(29-33)27-25(34)20-13-19(20)21-7-8-30(2)28-21/h5,7-8,10-12,14,17,19-20H,4,6,9,13,15H2,1-3H3,(H,27,29,34)/t17-,19+,20-/m1/s1. The van der Waals surface area contributed by atoms with E-state index in [0.717, 1.165) is 47.7 Å². The molecule has 10 nitrogen and oxygen atoms in total. The summed E-state index contributed by atoms with van der Waals surface area (Å²) in [6.07, 6.45) is 7.58.